The topological polar surface area (TPSA) is 67.6 Å². The molecular formula is C19H23N3O2. The fourth-order valence-corrected chi connectivity index (χ4v) is 2.81. The number of anilines is 1. The monoisotopic (exact) mass is 325 g/mol. The van der Waals surface area contributed by atoms with Gasteiger partial charge in [-0.15, -0.1) is 0 Å². The summed E-state index contributed by atoms with van der Waals surface area (Å²) < 4.78 is 5.32. The van der Waals surface area contributed by atoms with Gasteiger partial charge in [-0.25, -0.2) is 0 Å². The van der Waals surface area contributed by atoms with Gasteiger partial charge in [0.15, 0.2) is 0 Å². The Labute approximate surface area is 142 Å². The molecule has 1 saturated heterocycles. The molecule has 1 aliphatic rings. The molecule has 1 amide bonds. The van der Waals surface area contributed by atoms with Crippen molar-refractivity contribution in [2.45, 2.75) is 0 Å². The zero-order valence-corrected chi connectivity index (χ0v) is 13.7. The molecule has 2 aromatic rings. The third kappa shape index (κ3) is 4.34. The van der Waals surface area contributed by atoms with Crippen LogP contribution in [0.2, 0.25) is 0 Å². The summed E-state index contributed by atoms with van der Waals surface area (Å²) in [6, 6.07) is 15.3. The molecule has 0 aromatic heterocycles. The van der Waals surface area contributed by atoms with Gasteiger partial charge in [0.1, 0.15) is 0 Å². The van der Waals surface area contributed by atoms with Gasteiger partial charge in [-0.2, -0.15) is 0 Å². The summed E-state index contributed by atoms with van der Waals surface area (Å²) in [5.74, 6) is -0.0472. The molecule has 3 rings (SSSR count). The smallest absolute Gasteiger partial charge is 0.251 e. The number of carbonyl (C=O) groups is 1. The molecule has 0 radical (unpaired) electrons. The number of hydrogen-bond acceptors (Lipinski definition) is 4. The quantitative estimate of drug-likeness (QED) is 0.825. The number of nitrogens with one attached hydrogen (secondary N) is 1. The Morgan fingerprint density at radius 1 is 1.08 bits per heavy atom. The number of nitrogens with two attached hydrogens (primary N) is 1. The maximum Gasteiger partial charge on any atom is 0.251 e. The molecule has 2 aromatic carbocycles. The summed E-state index contributed by atoms with van der Waals surface area (Å²) in [5, 5.41) is 2.99. The molecule has 1 aliphatic heterocycles. The van der Waals surface area contributed by atoms with Crippen molar-refractivity contribution in [3.63, 3.8) is 0 Å². The van der Waals surface area contributed by atoms with Crippen molar-refractivity contribution < 1.29 is 9.53 Å². The van der Waals surface area contributed by atoms with Crippen LogP contribution in [0.4, 0.5) is 5.69 Å². The summed E-state index contributed by atoms with van der Waals surface area (Å²) in [7, 11) is 0. The minimum atomic E-state index is -0.0472. The van der Waals surface area contributed by atoms with Crippen LogP contribution in [0.1, 0.15) is 10.4 Å². The van der Waals surface area contributed by atoms with Gasteiger partial charge in [-0.3, -0.25) is 9.69 Å². The second-order valence-electron chi connectivity index (χ2n) is 5.92. The first kappa shape index (κ1) is 16.5. The van der Waals surface area contributed by atoms with Gasteiger partial charge in [-0.1, -0.05) is 24.3 Å². The molecule has 0 atom stereocenters. The van der Waals surface area contributed by atoms with E-state index in [2.05, 4.69) is 10.2 Å². The van der Waals surface area contributed by atoms with Crippen molar-refractivity contribution in [2.75, 3.05) is 45.1 Å². The van der Waals surface area contributed by atoms with E-state index in [-0.39, 0.29) is 5.91 Å². The first-order chi connectivity index (χ1) is 11.7. The lowest BCUT2D eigenvalue weighted by Crippen LogP contribution is -2.41. The van der Waals surface area contributed by atoms with E-state index in [1.807, 2.05) is 48.5 Å². The fraction of sp³-hybridized carbons (Fsp3) is 0.316. The van der Waals surface area contributed by atoms with E-state index < -0.39 is 0 Å². The zero-order valence-electron chi connectivity index (χ0n) is 13.7. The van der Waals surface area contributed by atoms with Gasteiger partial charge in [0.25, 0.3) is 5.91 Å². The average molecular weight is 325 g/mol. The molecule has 0 aliphatic carbocycles. The number of morpholine rings is 1. The predicted octanol–water partition coefficient (Wildman–Crippen LogP) is 2.00. The van der Waals surface area contributed by atoms with E-state index in [9.17, 15) is 4.79 Å². The van der Waals surface area contributed by atoms with Crippen LogP contribution in [0.15, 0.2) is 48.5 Å². The summed E-state index contributed by atoms with van der Waals surface area (Å²) in [5.41, 5.74) is 9.22. The van der Waals surface area contributed by atoms with Crippen LogP contribution in [-0.4, -0.2) is 50.2 Å². The summed E-state index contributed by atoms with van der Waals surface area (Å²) in [6.45, 7) is 4.90. The number of ether oxygens (including phenoxy) is 1. The summed E-state index contributed by atoms with van der Waals surface area (Å²) in [6.07, 6.45) is 0. The van der Waals surface area contributed by atoms with Gasteiger partial charge in [-0.05, 0) is 35.4 Å². The van der Waals surface area contributed by atoms with E-state index in [1.165, 1.54) is 0 Å². The predicted molar refractivity (Wildman–Crippen MR) is 95.9 cm³/mol. The lowest BCUT2D eigenvalue weighted by molar-refractivity contribution is 0.0383. The number of nitrogen functional groups attached to an aromatic ring is 1. The Bertz CT molecular complexity index is 697. The molecule has 0 bridgehead atoms. The van der Waals surface area contributed by atoms with Gasteiger partial charge >= 0.3 is 0 Å². The second kappa shape index (κ2) is 7.95. The number of carbonyl (C=O) groups excluding carboxylic acids is 1. The largest absolute Gasteiger partial charge is 0.399 e. The number of rotatable bonds is 5. The Balaban J connectivity index is 1.59. The summed E-state index contributed by atoms with van der Waals surface area (Å²) in [4.78, 5) is 14.7. The molecule has 0 unspecified atom stereocenters. The number of benzene rings is 2. The van der Waals surface area contributed by atoms with Crippen molar-refractivity contribution in [2.24, 2.45) is 0 Å². The molecule has 0 saturated carbocycles. The van der Waals surface area contributed by atoms with Crippen LogP contribution < -0.4 is 11.1 Å². The average Bonchev–Trinajstić information content (AvgIpc) is 2.63. The molecule has 1 heterocycles. The van der Waals surface area contributed by atoms with Gasteiger partial charge in [0.2, 0.25) is 0 Å². The maximum atomic E-state index is 12.4. The van der Waals surface area contributed by atoms with Crippen molar-refractivity contribution in [1.82, 2.24) is 10.2 Å². The van der Waals surface area contributed by atoms with Crippen molar-refractivity contribution in [3.05, 3.63) is 54.1 Å². The van der Waals surface area contributed by atoms with Crippen LogP contribution in [0.25, 0.3) is 11.1 Å². The van der Waals surface area contributed by atoms with Crippen molar-refractivity contribution in [3.8, 4) is 11.1 Å². The van der Waals surface area contributed by atoms with Crippen LogP contribution in [-0.2, 0) is 4.74 Å². The Hall–Kier alpha value is -2.37. The Kier molecular flexibility index (Phi) is 5.46. The molecule has 24 heavy (non-hydrogen) atoms. The molecule has 0 spiro atoms. The molecule has 1 fully saturated rings. The number of hydrogen-bond donors (Lipinski definition) is 2. The molecular weight excluding hydrogens is 302 g/mol. The minimum absolute atomic E-state index is 0.0472. The minimum Gasteiger partial charge on any atom is -0.399 e. The molecule has 5 nitrogen and oxygen atoms in total. The van der Waals surface area contributed by atoms with Gasteiger partial charge in [0, 0.05) is 37.4 Å². The maximum absolute atomic E-state index is 12.4. The lowest BCUT2D eigenvalue weighted by atomic mass is 10.0. The highest BCUT2D eigenvalue weighted by Gasteiger charge is 2.11. The van der Waals surface area contributed by atoms with Crippen molar-refractivity contribution >= 4 is 11.6 Å². The summed E-state index contributed by atoms with van der Waals surface area (Å²) >= 11 is 0. The van der Waals surface area contributed by atoms with Crippen molar-refractivity contribution in [1.29, 1.82) is 0 Å². The highest BCUT2D eigenvalue weighted by molar-refractivity contribution is 5.95. The second-order valence-corrected chi connectivity index (χ2v) is 5.92. The third-order valence-electron chi connectivity index (χ3n) is 4.16. The highest BCUT2D eigenvalue weighted by atomic mass is 16.5. The number of amides is 1. The zero-order chi connectivity index (χ0) is 16.8. The van der Waals surface area contributed by atoms with Crippen LogP contribution in [0.5, 0.6) is 0 Å². The Morgan fingerprint density at radius 3 is 2.54 bits per heavy atom. The third-order valence-corrected chi connectivity index (χ3v) is 4.16. The van der Waals surface area contributed by atoms with Crippen LogP contribution >= 0.6 is 0 Å². The molecule has 3 N–H and O–H groups in total. The Morgan fingerprint density at radius 2 is 1.79 bits per heavy atom. The van der Waals surface area contributed by atoms with Gasteiger partial charge < -0.3 is 15.8 Å². The fourth-order valence-electron chi connectivity index (χ4n) is 2.81. The van der Waals surface area contributed by atoms with E-state index in [4.69, 9.17) is 10.5 Å². The standard InChI is InChI=1S/C19H23N3O2/c20-18-6-2-4-16(14-18)15-3-1-5-17(13-15)19(23)21-7-8-22-9-11-24-12-10-22/h1-6,13-14H,7-12,20H2,(H,21,23). The highest BCUT2D eigenvalue weighted by Crippen LogP contribution is 2.22. The van der Waals surface area contributed by atoms with E-state index >= 15 is 0 Å². The molecule has 5 heteroatoms. The van der Waals surface area contributed by atoms with Gasteiger partial charge in [0.05, 0.1) is 13.2 Å². The SMILES string of the molecule is Nc1cccc(-c2cccc(C(=O)NCCN3CCOCC3)c2)c1. The van der Waals surface area contributed by atoms with E-state index in [0.717, 1.165) is 44.0 Å². The van der Waals surface area contributed by atoms with E-state index in [1.54, 1.807) is 0 Å². The van der Waals surface area contributed by atoms with Crippen LogP contribution in [0, 0.1) is 0 Å². The van der Waals surface area contributed by atoms with Crippen LogP contribution in [0.3, 0.4) is 0 Å². The normalized spacial score (nSPS) is 15.2. The lowest BCUT2D eigenvalue weighted by Gasteiger charge is -2.26. The molecule has 126 valence electrons. The first-order valence-corrected chi connectivity index (χ1v) is 8.27. The first-order valence-electron chi connectivity index (χ1n) is 8.27. The number of nitrogens with zero attached hydrogens (tertiary/aromatic N) is 1. The van der Waals surface area contributed by atoms with E-state index in [0.29, 0.717) is 17.8 Å².